The molecule has 0 aromatic heterocycles. The second-order valence-electron chi connectivity index (χ2n) is 10.3. The van der Waals surface area contributed by atoms with Crippen molar-refractivity contribution >= 4 is 16.0 Å². The van der Waals surface area contributed by atoms with Crippen molar-refractivity contribution in [2.45, 2.75) is 90.0 Å². The molecule has 1 aliphatic heterocycles. The Morgan fingerprint density at radius 2 is 1.78 bits per heavy atom. The van der Waals surface area contributed by atoms with Crippen LogP contribution in [0, 0.1) is 6.92 Å². The van der Waals surface area contributed by atoms with Gasteiger partial charge in [0, 0.05) is 6.54 Å². The summed E-state index contributed by atoms with van der Waals surface area (Å²) in [6.07, 6.45) is 2.85. The van der Waals surface area contributed by atoms with E-state index in [0.717, 1.165) is 35.3 Å². The molecule has 1 aliphatic rings. The highest BCUT2D eigenvalue weighted by Crippen LogP contribution is 2.31. The number of rotatable bonds is 10. The van der Waals surface area contributed by atoms with Crippen LogP contribution in [0.4, 0.5) is 0 Å². The van der Waals surface area contributed by atoms with E-state index in [1.807, 2.05) is 31.2 Å². The molecule has 1 heterocycles. The van der Waals surface area contributed by atoms with Gasteiger partial charge in [-0.1, -0.05) is 50.2 Å². The molecule has 1 saturated heterocycles. The van der Waals surface area contributed by atoms with Crippen LogP contribution in [-0.4, -0.2) is 43.6 Å². The van der Waals surface area contributed by atoms with Crippen molar-refractivity contribution in [3.8, 4) is 5.75 Å². The highest BCUT2D eigenvalue weighted by atomic mass is 32.2. The van der Waals surface area contributed by atoms with Crippen LogP contribution in [-0.2, 0) is 26.0 Å². The molecule has 2 atom stereocenters. The number of ether oxygens (including phenoxy) is 2. The number of benzene rings is 2. The quantitative estimate of drug-likeness (QED) is 0.366. The molecule has 2 aromatic carbocycles. The van der Waals surface area contributed by atoms with E-state index in [-0.39, 0.29) is 0 Å². The Labute approximate surface area is 217 Å². The van der Waals surface area contributed by atoms with Crippen LogP contribution in [0.3, 0.4) is 0 Å². The average molecular weight is 516 g/mol. The fourth-order valence-electron chi connectivity index (χ4n) is 4.66. The van der Waals surface area contributed by atoms with Gasteiger partial charge in [-0.15, -0.1) is 0 Å². The second-order valence-corrected chi connectivity index (χ2v) is 12.8. The minimum Gasteiger partial charge on any atom is -0.496 e. The highest BCUT2D eigenvalue weighted by Gasteiger charge is 2.39. The van der Waals surface area contributed by atoms with Gasteiger partial charge < -0.3 is 9.47 Å². The molecular weight excluding hydrogens is 474 g/mol. The van der Waals surface area contributed by atoms with Crippen LogP contribution in [0.25, 0.3) is 0 Å². The fraction of sp³-hybridized carbons (Fsp3) is 0.552. The Morgan fingerprint density at radius 3 is 2.44 bits per heavy atom. The number of hydrogen-bond donors (Lipinski definition) is 0. The SMILES string of the molecule is COc1cc(CCC(OC(=O)C2CCCCN2S(=O)(=O)C(C)C)c2cccc(C(C)C)c2)ccc1C. The summed E-state index contributed by atoms with van der Waals surface area (Å²) in [5.74, 6) is 0.715. The number of hydrogen-bond acceptors (Lipinski definition) is 5. The number of piperidine rings is 1. The predicted octanol–water partition coefficient (Wildman–Crippen LogP) is 5.94. The van der Waals surface area contributed by atoms with Gasteiger partial charge in [0.2, 0.25) is 10.0 Å². The average Bonchev–Trinajstić information content (AvgIpc) is 2.87. The molecule has 3 rings (SSSR count). The van der Waals surface area contributed by atoms with Crippen LogP contribution in [0.15, 0.2) is 42.5 Å². The summed E-state index contributed by atoms with van der Waals surface area (Å²) in [4.78, 5) is 13.5. The van der Waals surface area contributed by atoms with E-state index in [0.29, 0.717) is 31.7 Å². The van der Waals surface area contributed by atoms with Crippen LogP contribution >= 0.6 is 0 Å². The normalized spacial score (nSPS) is 17.8. The van der Waals surface area contributed by atoms with Gasteiger partial charge in [-0.3, -0.25) is 4.79 Å². The molecule has 0 N–H and O–H groups in total. The number of methoxy groups -OCH3 is 1. The van der Waals surface area contributed by atoms with Crippen molar-refractivity contribution < 1.29 is 22.7 Å². The van der Waals surface area contributed by atoms with E-state index in [2.05, 4.69) is 32.0 Å². The van der Waals surface area contributed by atoms with E-state index in [4.69, 9.17) is 9.47 Å². The van der Waals surface area contributed by atoms with Crippen molar-refractivity contribution in [2.24, 2.45) is 0 Å². The third-order valence-corrected chi connectivity index (χ3v) is 9.31. The number of esters is 1. The van der Waals surface area contributed by atoms with Gasteiger partial charge in [0.15, 0.2) is 0 Å². The molecule has 0 amide bonds. The lowest BCUT2D eigenvalue weighted by Gasteiger charge is -2.35. The van der Waals surface area contributed by atoms with E-state index >= 15 is 0 Å². The maximum absolute atomic E-state index is 13.5. The van der Waals surface area contributed by atoms with E-state index in [9.17, 15) is 13.2 Å². The minimum atomic E-state index is -3.56. The fourth-order valence-corrected chi connectivity index (χ4v) is 6.14. The lowest BCUT2D eigenvalue weighted by atomic mass is 9.95. The molecule has 2 aromatic rings. The van der Waals surface area contributed by atoms with E-state index < -0.39 is 33.4 Å². The zero-order valence-electron chi connectivity index (χ0n) is 22.5. The number of carbonyl (C=O) groups excluding carboxylic acids is 1. The number of nitrogens with zero attached hydrogens (tertiary/aromatic N) is 1. The summed E-state index contributed by atoms with van der Waals surface area (Å²) in [7, 11) is -1.90. The molecule has 36 heavy (non-hydrogen) atoms. The lowest BCUT2D eigenvalue weighted by molar-refractivity contribution is -0.155. The standard InChI is InChI=1S/C29H41NO5S/c1-20(2)24-10-9-11-25(19-24)27(16-15-23-14-13-22(5)28(18-23)34-6)35-29(31)26-12-7-8-17-30(26)36(32,33)21(3)4/h9-11,13-14,18-21,26-27H,7-8,12,15-17H2,1-6H3. The minimum absolute atomic E-state index is 0.340. The van der Waals surface area contributed by atoms with Gasteiger partial charge in [0.05, 0.1) is 12.4 Å². The summed E-state index contributed by atoms with van der Waals surface area (Å²) in [5, 5.41) is -0.582. The summed E-state index contributed by atoms with van der Waals surface area (Å²) >= 11 is 0. The first kappa shape index (κ1) is 28.2. The molecule has 198 valence electrons. The van der Waals surface area contributed by atoms with Gasteiger partial charge >= 0.3 is 5.97 Å². The Kier molecular flexibility index (Phi) is 9.59. The van der Waals surface area contributed by atoms with Crippen LogP contribution in [0.2, 0.25) is 0 Å². The lowest BCUT2D eigenvalue weighted by Crippen LogP contribution is -2.50. The molecule has 0 saturated carbocycles. The van der Waals surface area contributed by atoms with E-state index in [1.165, 1.54) is 9.87 Å². The smallest absolute Gasteiger partial charge is 0.325 e. The Morgan fingerprint density at radius 1 is 1.06 bits per heavy atom. The molecule has 0 spiro atoms. The first-order chi connectivity index (χ1) is 17.0. The Balaban J connectivity index is 1.87. The predicted molar refractivity (Wildman–Crippen MR) is 144 cm³/mol. The molecule has 1 fully saturated rings. The van der Waals surface area contributed by atoms with Crippen molar-refractivity contribution in [1.29, 1.82) is 0 Å². The largest absolute Gasteiger partial charge is 0.496 e. The van der Waals surface area contributed by atoms with Crippen molar-refractivity contribution in [1.82, 2.24) is 4.31 Å². The maximum atomic E-state index is 13.5. The van der Waals surface area contributed by atoms with Crippen molar-refractivity contribution in [3.63, 3.8) is 0 Å². The third kappa shape index (κ3) is 6.68. The molecule has 0 bridgehead atoms. The zero-order chi connectivity index (χ0) is 26.5. The Bertz CT molecular complexity index is 1140. The van der Waals surface area contributed by atoms with Gasteiger partial charge in [0.25, 0.3) is 0 Å². The first-order valence-electron chi connectivity index (χ1n) is 13.0. The van der Waals surface area contributed by atoms with Crippen LogP contribution in [0.1, 0.15) is 87.7 Å². The zero-order valence-corrected chi connectivity index (χ0v) is 23.3. The summed E-state index contributed by atoms with van der Waals surface area (Å²) in [6, 6.07) is 13.5. The van der Waals surface area contributed by atoms with E-state index in [1.54, 1.807) is 21.0 Å². The molecular formula is C29H41NO5S. The highest BCUT2D eigenvalue weighted by molar-refractivity contribution is 7.89. The maximum Gasteiger partial charge on any atom is 0.325 e. The van der Waals surface area contributed by atoms with Gasteiger partial charge in [-0.2, -0.15) is 4.31 Å². The monoisotopic (exact) mass is 515 g/mol. The van der Waals surface area contributed by atoms with Gasteiger partial charge in [-0.05, 0) is 87.1 Å². The second kappa shape index (κ2) is 12.2. The number of carbonyl (C=O) groups is 1. The van der Waals surface area contributed by atoms with Crippen LogP contribution < -0.4 is 4.74 Å². The first-order valence-corrected chi connectivity index (χ1v) is 14.5. The van der Waals surface area contributed by atoms with Gasteiger partial charge in [-0.25, -0.2) is 8.42 Å². The number of sulfonamides is 1. The van der Waals surface area contributed by atoms with Gasteiger partial charge in [0.1, 0.15) is 17.9 Å². The summed E-state index contributed by atoms with van der Waals surface area (Å²) < 4.78 is 39.0. The third-order valence-electron chi connectivity index (χ3n) is 7.02. The number of aryl methyl sites for hydroxylation is 2. The molecule has 7 heteroatoms. The topological polar surface area (TPSA) is 72.9 Å². The van der Waals surface area contributed by atoms with Crippen molar-refractivity contribution in [2.75, 3.05) is 13.7 Å². The van der Waals surface area contributed by atoms with Crippen molar-refractivity contribution in [3.05, 3.63) is 64.7 Å². The molecule has 6 nitrogen and oxygen atoms in total. The van der Waals surface area contributed by atoms with Crippen LogP contribution in [0.5, 0.6) is 5.75 Å². The molecule has 2 unspecified atom stereocenters. The summed E-state index contributed by atoms with van der Waals surface area (Å²) in [5.41, 5.74) is 4.27. The Hall–Kier alpha value is -2.38. The summed E-state index contributed by atoms with van der Waals surface area (Å²) in [6.45, 7) is 9.94. The molecule has 0 aliphatic carbocycles. The molecule has 0 radical (unpaired) electrons.